The van der Waals surface area contributed by atoms with Crippen LogP contribution in [0.15, 0.2) is 82.7 Å². The van der Waals surface area contributed by atoms with Crippen molar-refractivity contribution in [1.82, 2.24) is 0 Å². The zero-order valence-corrected chi connectivity index (χ0v) is 43.7. The number of benzene rings is 4. The summed E-state index contributed by atoms with van der Waals surface area (Å²) in [6.07, 6.45) is 0. The standard InChI is InChI=1S/2C12H18FN.C12H14FN.C9H17BO2.C6H4Br2FN/c3*1-7(2)10-5-9(13)6-11(8(3)4)12(10)14;1-7(2)10-11-8(3,4)9(5,6)12-10;7-4-1-3(9)2-5(8)6(4)10/h2*5-8H,14H2,1-4H3;5-6H,1,3,14H2,2,4H3;1H2,2-6H3;1-2H,10H2. The summed E-state index contributed by atoms with van der Waals surface area (Å²) < 4.78 is 64.8. The van der Waals surface area contributed by atoms with Crippen LogP contribution in [0.2, 0.25) is 0 Å². The number of allylic oxidation sites excluding steroid dienone is 3. The van der Waals surface area contributed by atoms with Gasteiger partial charge in [-0.2, -0.15) is 0 Å². The fourth-order valence-corrected chi connectivity index (χ4v) is 7.28. The average Bonchev–Trinajstić information content (AvgIpc) is 3.39. The van der Waals surface area contributed by atoms with Gasteiger partial charge in [-0.05, 0) is 186 Å². The number of nitrogens with two attached hydrogens (primary N) is 4. The Balaban J connectivity index is 0.000000402. The lowest BCUT2D eigenvalue weighted by molar-refractivity contribution is 0.00578. The Hall–Kier alpha value is -4.04. The number of halogens is 6. The molecule has 1 saturated heterocycles. The molecule has 64 heavy (non-hydrogen) atoms. The molecule has 0 saturated carbocycles. The second-order valence-electron chi connectivity index (χ2n) is 18.3. The first kappa shape index (κ1) is 58.0. The molecule has 0 bridgehead atoms. The fourth-order valence-electron chi connectivity index (χ4n) is 6.15. The van der Waals surface area contributed by atoms with Crippen molar-refractivity contribution in [1.29, 1.82) is 0 Å². The van der Waals surface area contributed by atoms with Crippen LogP contribution in [0.25, 0.3) is 11.1 Å². The molecule has 0 amide bonds. The van der Waals surface area contributed by atoms with Gasteiger partial charge in [0.05, 0.1) is 16.9 Å². The summed E-state index contributed by atoms with van der Waals surface area (Å²) in [5.41, 5.74) is 32.8. The van der Waals surface area contributed by atoms with E-state index in [1.165, 1.54) is 48.5 Å². The Morgan fingerprint density at radius 3 is 0.953 bits per heavy atom. The minimum atomic E-state index is -0.312. The molecule has 6 nitrogen and oxygen atoms in total. The normalized spacial score (nSPS) is 13.5. The van der Waals surface area contributed by atoms with Crippen molar-refractivity contribution >= 4 is 72.9 Å². The van der Waals surface area contributed by atoms with Gasteiger partial charge in [-0.25, -0.2) is 17.6 Å². The summed E-state index contributed by atoms with van der Waals surface area (Å²) in [7, 11) is -0.241. The van der Waals surface area contributed by atoms with E-state index in [1.54, 1.807) is 13.8 Å². The molecule has 0 spiro atoms. The number of hydrogen-bond donors (Lipinski definition) is 4. The molecule has 0 aromatic heterocycles. The van der Waals surface area contributed by atoms with Crippen LogP contribution in [0.5, 0.6) is 0 Å². The van der Waals surface area contributed by atoms with E-state index < -0.39 is 0 Å². The highest BCUT2D eigenvalue weighted by Crippen LogP contribution is 2.38. The predicted molar refractivity (Wildman–Crippen MR) is 275 cm³/mol. The van der Waals surface area contributed by atoms with Gasteiger partial charge in [0.1, 0.15) is 23.3 Å². The fraction of sp³-hybridized carbons (Fsp3) is 0.412. The van der Waals surface area contributed by atoms with Crippen LogP contribution in [0.3, 0.4) is 0 Å². The van der Waals surface area contributed by atoms with E-state index in [1.807, 2.05) is 90.0 Å². The van der Waals surface area contributed by atoms with Crippen LogP contribution < -0.4 is 22.9 Å². The zero-order chi connectivity index (χ0) is 49.9. The van der Waals surface area contributed by atoms with E-state index in [4.69, 9.17) is 32.2 Å². The Labute approximate surface area is 398 Å². The van der Waals surface area contributed by atoms with E-state index in [9.17, 15) is 17.6 Å². The summed E-state index contributed by atoms with van der Waals surface area (Å²) in [5.74, 6) is 0.0687. The molecule has 5 rings (SSSR count). The molecule has 0 atom stereocenters. The third-order valence-corrected chi connectivity index (χ3v) is 12.0. The molecule has 352 valence electrons. The van der Waals surface area contributed by atoms with Gasteiger partial charge in [0.15, 0.2) is 0 Å². The quantitative estimate of drug-likeness (QED) is 0.0831. The Morgan fingerprint density at radius 1 is 0.484 bits per heavy atom. The SMILES string of the molecule is C=C(C)B1OC(C)(C)C(C)(C)O1.C=C(C)c1cc(F)cc(C(=C)C)c1N.CC(C)c1cc(F)cc(C(C)C)c1N.CC(C)c1cc(F)cc(C(C)C)c1N.Nc1c(Br)cc(F)cc1Br. The largest absolute Gasteiger partial charge is 0.489 e. The van der Waals surface area contributed by atoms with E-state index in [0.29, 0.717) is 31.4 Å². The van der Waals surface area contributed by atoms with E-state index in [-0.39, 0.29) is 65.3 Å². The molecule has 0 unspecified atom stereocenters. The van der Waals surface area contributed by atoms with Gasteiger partial charge in [-0.3, -0.25) is 0 Å². The highest BCUT2D eigenvalue weighted by molar-refractivity contribution is 9.11. The van der Waals surface area contributed by atoms with E-state index in [0.717, 1.165) is 50.2 Å². The number of anilines is 4. The minimum absolute atomic E-state index is 0.188. The summed E-state index contributed by atoms with van der Waals surface area (Å²) in [4.78, 5) is 0. The van der Waals surface area contributed by atoms with Gasteiger partial charge in [0.25, 0.3) is 0 Å². The van der Waals surface area contributed by atoms with Crippen molar-refractivity contribution < 1.29 is 26.9 Å². The van der Waals surface area contributed by atoms with Crippen molar-refractivity contribution in [2.75, 3.05) is 22.9 Å². The maximum absolute atomic E-state index is 13.3. The lowest BCUT2D eigenvalue weighted by Gasteiger charge is -2.32. The molecule has 4 aromatic rings. The number of hydrogen-bond acceptors (Lipinski definition) is 6. The van der Waals surface area contributed by atoms with E-state index in [2.05, 4.69) is 51.6 Å². The van der Waals surface area contributed by atoms with Crippen molar-refractivity contribution in [2.45, 2.75) is 139 Å². The summed E-state index contributed by atoms with van der Waals surface area (Å²) in [5, 5.41) is 0. The second-order valence-corrected chi connectivity index (χ2v) is 20.0. The third kappa shape index (κ3) is 16.4. The van der Waals surface area contributed by atoms with Crippen molar-refractivity contribution in [2.24, 2.45) is 0 Å². The van der Waals surface area contributed by atoms with Crippen LogP contribution in [0.4, 0.5) is 40.3 Å². The molecule has 4 aromatic carbocycles. The molecule has 1 aliphatic rings. The molecular formula is C51H71BBr2F4N4O2. The molecule has 0 radical (unpaired) electrons. The molecule has 0 aliphatic carbocycles. The topological polar surface area (TPSA) is 123 Å². The average molecular weight is 1020 g/mol. The van der Waals surface area contributed by atoms with Gasteiger partial charge in [-0.1, -0.05) is 74.0 Å². The summed E-state index contributed by atoms with van der Waals surface area (Å²) in [6.45, 7) is 41.2. The highest BCUT2D eigenvalue weighted by Gasteiger charge is 2.51. The summed E-state index contributed by atoms with van der Waals surface area (Å²) in [6, 6.07) is 11.6. The van der Waals surface area contributed by atoms with Crippen LogP contribution in [-0.4, -0.2) is 18.3 Å². The predicted octanol–water partition coefficient (Wildman–Crippen LogP) is 15.9. The van der Waals surface area contributed by atoms with Crippen LogP contribution >= 0.6 is 31.9 Å². The molecule has 1 heterocycles. The first-order valence-corrected chi connectivity index (χ1v) is 22.7. The Morgan fingerprint density at radius 2 is 0.734 bits per heavy atom. The molecule has 13 heteroatoms. The monoisotopic (exact) mass is 1020 g/mol. The van der Waals surface area contributed by atoms with Gasteiger partial charge in [0, 0.05) is 37.1 Å². The second kappa shape index (κ2) is 24.5. The van der Waals surface area contributed by atoms with Crippen LogP contribution in [0.1, 0.15) is 161 Å². The van der Waals surface area contributed by atoms with Crippen LogP contribution in [-0.2, 0) is 9.31 Å². The highest BCUT2D eigenvalue weighted by atomic mass is 79.9. The first-order valence-electron chi connectivity index (χ1n) is 21.2. The van der Waals surface area contributed by atoms with Crippen molar-refractivity contribution in [3.63, 3.8) is 0 Å². The van der Waals surface area contributed by atoms with Crippen LogP contribution in [0, 0.1) is 23.3 Å². The smallest absolute Gasteiger partial charge is 0.400 e. The lowest BCUT2D eigenvalue weighted by atomic mass is 9.81. The van der Waals surface area contributed by atoms with Crippen molar-refractivity contribution in [3.8, 4) is 0 Å². The molecule has 8 N–H and O–H groups in total. The van der Waals surface area contributed by atoms with Gasteiger partial charge >= 0.3 is 7.12 Å². The number of nitrogen functional groups attached to an aromatic ring is 4. The van der Waals surface area contributed by atoms with Gasteiger partial charge in [0.2, 0.25) is 0 Å². The van der Waals surface area contributed by atoms with Gasteiger partial charge in [-0.15, -0.1) is 6.58 Å². The van der Waals surface area contributed by atoms with Gasteiger partial charge < -0.3 is 32.2 Å². The van der Waals surface area contributed by atoms with E-state index >= 15 is 0 Å². The summed E-state index contributed by atoms with van der Waals surface area (Å²) >= 11 is 6.20. The number of rotatable bonds is 7. The Kier molecular flexibility index (Phi) is 22.2. The van der Waals surface area contributed by atoms with Crippen molar-refractivity contribution in [3.05, 3.63) is 139 Å². The lowest BCUT2D eigenvalue weighted by Crippen LogP contribution is -2.41. The molecular weight excluding hydrogens is 947 g/mol. The maximum Gasteiger partial charge on any atom is 0.489 e. The maximum atomic E-state index is 13.3. The molecule has 1 aliphatic heterocycles. The first-order chi connectivity index (χ1) is 29.2. The molecule has 1 fully saturated rings. The third-order valence-electron chi connectivity index (χ3n) is 10.7. The Bertz CT molecular complexity index is 2080. The zero-order valence-electron chi connectivity index (χ0n) is 40.5. The minimum Gasteiger partial charge on any atom is -0.400 e.